The topological polar surface area (TPSA) is 77.8 Å². The quantitative estimate of drug-likeness (QED) is 0.855. The number of nitrogens with one attached hydrogen (secondary N) is 1. The smallest absolute Gasteiger partial charge is 0.342 e. The number of ether oxygens (including phenoxy) is 2. The average molecular weight is 289 g/mol. The van der Waals surface area contributed by atoms with Crippen LogP contribution in [0.15, 0.2) is 47.3 Å². The minimum atomic E-state index is -0.947. The van der Waals surface area contributed by atoms with E-state index in [2.05, 4.69) is 5.32 Å². The second kappa shape index (κ2) is 6.60. The number of hydrogen-bond acceptors (Lipinski definition) is 5. The Kier molecular flexibility index (Phi) is 4.61. The van der Waals surface area contributed by atoms with Crippen molar-refractivity contribution in [3.8, 4) is 5.75 Å². The van der Waals surface area contributed by atoms with Crippen molar-refractivity contribution < 1.29 is 23.5 Å². The van der Waals surface area contributed by atoms with Crippen LogP contribution in [0.4, 0.5) is 5.69 Å². The molecule has 0 aliphatic rings. The zero-order valence-corrected chi connectivity index (χ0v) is 11.7. The number of para-hydroxylation sites is 2. The Bertz CT molecular complexity index is 621. The molecule has 0 aliphatic carbocycles. The third-order valence-electron chi connectivity index (χ3n) is 2.77. The molecule has 1 atom stereocenters. The van der Waals surface area contributed by atoms with Crippen molar-refractivity contribution in [2.45, 2.75) is 13.0 Å². The van der Waals surface area contributed by atoms with Gasteiger partial charge in [0.1, 0.15) is 12.0 Å². The van der Waals surface area contributed by atoms with Crippen LogP contribution < -0.4 is 10.1 Å². The Labute approximate surface area is 121 Å². The van der Waals surface area contributed by atoms with Crippen molar-refractivity contribution >= 4 is 17.6 Å². The maximum Gasteiger partial charge on any atom is 0.342 e. The molecule has 21 heavy (non-hydrogen) atoms. The van der Waals surface area contributed by atoms with Crippen LogP contribution in [0.25, 0.3) is 0 Å². The molecule has 2 aromatic rings. The number of esters is 1. The lowest BCUT2D eigenvalue weighted by molar-refractivity contribution is -0.123. The van der Waals surface area contributed by atoms with E-state index in [0.29, 0.717) is 11.4 Å². The summed E-state index contributed by atoms with van der Waals surface area (Å²) >= 11 is 0. The molecule has 110 valence electrons. The second-order valence-corrected chi connectivity index (χ2v) is 4.25. The van der Waals surface area contributed by atoms with E-state index in [0.717, 1.165) is 0 Å². The predicted octanol–water partition coefficient (Wildman–Crippen LogP) is 2.47. The second-order valence-electron chi connectivity index (χ2n) is 4.25. The maximum absolute atomic E-state index is 12.0. The molecular formula is C15H15NO5. The molecule has 0 saturated heterocycles. The third kappa shape index (κ3) is 3.62. The number of methoxy groups -OCH3 is 1. The fourth-order valence-corrected chi connectivity index (χ4v) is 1.65. The fraction of sp³-hybridized carbons (Fsp3) is 0.200. The van der Waals surface area contributed by atoms with Gasteiger partial charge < -0.3 is 19.2 Å². The van der Waals surface area contributed by atoms with Gasteiger partial charge in [0, 0.05) is 0 Å². The number of anilines is 1. The molecule has 2 rings (SSSR count). The molecule has 1 heterocycles. The van der Waals surface area contributed by atoms with Crippen LogP contribution in [0.3, 0.4) is 0 Å². The van der Waals surface area contributed by atoms with E-state index in [1.807, 2.05) is 0 Å². The molecule has 0 saturated carbocycles. The Hall–Kier alpha value is -2.76. The summed E-state index contributed by atoms with van der Waals surface area (Å²) in [5, 5.41) is 2.65. The van der Waals surface area contributed by atoms with Gasteiger partial charge in [-0.05, 0) is 25.1 Å². The minimum Gasteiger partial charge on any atom is -0.495 e. The first-order chi connectivity index (χ1) is 10.1. The highest BCUT2D eigenvalue weighted by Gasteiger charge is 2.20. The number of carbonyl (C=O) groups excluding carboxylic acids is 2. The van der Waals surface area contributed by atoms with Crippen LogP contribution in [0.5, 0.6) is 5.75 Å². The van der Waals surface area contributed by atoms with Gasteiger partial charge in [-0.25, -0.2) is 4.79 Å². The van der Waals surface area contributed by atoms with Crippen LogP contribution in [0.1, 0.15) is 17.3 Å². The van der Waals surface area contributed by atoms with Crippen molar-refractivity contribution in [2.75, 3.05) is 12.4 Å². The van der Waals surface area contributed by atoms with Gasteiger partial charge >= 0.3 is 5.97 Å². The largest absolute Gasteiger partial charge is 0.495 e. The fourth-order valence-electron chi connectivity index (χ4n) is 1.65. The van der Waals surface area contributed by atoms with Gasteiger partial charge in [-0.15, -0.1) is 0 Å². The van der Waals surface area contributed by atoms with Crippen LogP contribution in [-0.2, 0) is 9.53 Å². The molecule has 1 amide bonds. The normalized spacial score (nSPS) is 11.5. The summed E-state index contributed by atoms with van der Waals surface area (Å²) in [6.07, 6.45) is 1.67. The molecule has 1 N–H and O–H groups in total. The van der Waals surface area contributed by atoms with E-state index >= 15 is 0 Å². The summed E-state index contributed by atoms with van der Waals surface area (Å²) in [4.78, 5) is 23.7. The van der Waals surface area contributed by atoms with Crippen molar-refractivity contribution in [1.82, 2.24) is 0 Å². The molecule has 0 bridgehead atoms. The molecule has 1 aromatic carbocycles. The Balaban J connectivity index is 1.98. The standard InChI is InChI=1S/C15H15NO5/c1-10(21-15(18)11-7-8-20-9-11)14(17)16-12-5-3-4-6-13(12)19-2/h3-10H,1-2H3,(H,16,17)/t10-/m1/s1. The minimum absolute atomic E-state index is 0.256. The molecule has 0 radical (unpaired) electrons. The summed E-state index contributed by atoms with van der Waals surface area (Å²) in [7, 11) is 1.51. The lowest BCUT2D eigenvalue weighted by Crippen LogP contribution is -2.30. The lowest BCUT2D eigenvalue weighted by atomic mass is 10.2. The molecule has 0 aliphatic heterocycles. The van der Waals surface area contributed by atoms with E-state index in [4.69, 9.17) is 13.9 Å². The highest BCUT2D eigenvalue weighted by Crippen LogP contribution is 2.23. The van der Waals surface area contributed by atoms with Crippen molar-refractivity contribution in [3.63, 3.8) is 0 Å². The number of benzene rings is 1. The summed E-state index contributed by atoms with van der Waals surface area (Å²) in [6.45, 7) is 1.49. The SMILES string of the molecule is COc1ccccc1NC(=O)[C@@H](C)OC(=O)c1ccoc1. The lowest BCUT2D eigenvalue weighted by Gasteiger charge is -2.14. The van der Waals surface area contributed by atoms with Crippen molar-refractivity contribution in [3.05, 3.63) is 48.4 Å². The first-order valence-corrected chi connectivity index (χ1v) is 6.29. The highest BCUT2D eigenvalue weighted by molar-refractivity contribution is 5.98. The Morgan fingerprint density at radius 3 is 2.67 bits per heavy atom. The molecule has 6 heteroatoms. The van der Waals surface area contributed by atoms with Crippen LogP contribution in [-0.4, -0.2) is 25.1 Å². The summed E-state index contributed by atoms with van der Waals surface area (Å²) in [5.74, 6) is -0.540. The number of amides is 1. The molecular weight excluding hydrogens is 274 g/mol. The average Bonchev–Trinajstić information content (AvgIpc) is 3.02. The molecule has 6 nitrogen and oxygen atoms in total. The Morgan fingerprint density at radius 1 is 1.24 bits per heavy atom. The van der Waals surface area contributed by atoms with Gasteiger partial charge in [0.05, 0.1) is 24.6 Å². The van der Waals surface area contributed by atoms with Crippen LogP contribution in [0.2, 0.25) is 0 Å². The van der Waals surface area contributed by atoms with E-state index in [-0.39, 0.29) is 5.56 Å². The summed E-state index contributed by atoms with van der Waals surface area (Å²) in [5.41, 5.74) is 0.767. The predicted molar refractivity (Wildman–Crippen MR) is 75.2 cm³/mol. The summed E-state index contributed by atoms with van der Waals surface area (Å²) < 4.78 is 15.0. The zero-order chi connectivity index (χ0) is 15.2. The summed E-state index contributed by atoms with van der Waals surface area (Å²) in [6, 6.07) is 8.43. The van der Waals surface area contributed by atoms with Gasteiger partial charge in [-0.3, -0.25) is 4.79 Å². The van der Waals surface area contributed by atoms with Gasteiger partial charge in [0.2, 0.25) is 0 Å². The van der Waals surface area contributed by atoms with Crippen molar-refractivity contribution in [1.29, 1.82) is 0 Å². The number of carbonyl (C=O) groups is 2. The number of furan rings is 1. The van der Waals surface area contributed by atoms with Gasteiger partial charge in [-0.2, -0.15) is 0 Å². The van der Waals surface area contributed by atoms with Gasteiger partial charge in [0.25, 0.3) is 5.91 Å². The van der Waals surface area contributed by atoms with Crippen LogP contribution in [0, 0.1) is 0 Å². The highest BCUT2D eigenvalue weighted by atomic mass is 16.5. The van der Waals surface area contributed by atoms with E-state index in [9.17, 15) is 9.59 Å². The number of hydrogen-bond donors (Lipinski definition) is 1. The number of rotatable bonds is 5. The van der Waals surface area contributed by atoms with E-state index < -0.39 is 18.0 Å². The first-order valence-electron chi connectivity index (χ1n) is 6.29. The Morgan fingerprint density at radius 2 is 2.00 bits per heavy atom. The third-order valence-corrected chi connectivity index (χ3v) is 2.77. The van der Waals surface area contributed by atoms with E-state index in [1.54, 1.807) is 24.3 Å². The first kappa shape index (κ1) is 14.6. The molecule has 0 fully saturated rings. The zero-order valence-electron chi connectivity index (χ0n) is 11.7. The monoisotopic (exact) mass is 289 g/mol. The van der Waals surface area contributed by atoms with Gasteiger partial charge in [-0.1, -0.05) is 12.1 Å². The maximum atomic E-state index is 12.0. The van der Waals surface area contributed by atoms with Crippen molar-refractivity contribution in [2.24, 2.45) is 0 Å². The van der Waals surface area contributed by atoms with Crippen LogP contribution >= 0.6 is 0 Å². The molecule has 0 spiro atoms. The van der Waals surface area contributed by atoms with E-state index in [1.165, 1.54) is 32.6 Å². The van der Waals surface area contributed by atoms with Gasteiger partial charge in [0.15, 0.2) is 6.10 Å². The molecule has 0 unspecified atom stereocenters. The molecule has 1 aromatic heterocycles.